The second kappa shape index (κ2) is 7.35. The highest BCUT2D eigenvalue weighted by molar-refractivity contribution is 5.75. The van der Waals surface area contributed by atoms with Crippen LogP contribution in [0.2, 0.25) is 0 Å². The van der Waals surface area contributed by atoms with Crippen molar-refractivity contribution in [2.45, 2.75) is 51.2 Å². The molecule has 0 unspecified atom stereocenters. The zero-order valence-electron chi connectivity index (χ0n) is 15.0. The summed E-state index contributed by atoms with van der Waals surface area (Å²) in [4.78, 5) is 18.3. The minimum Gasteiger partial charge on any atom is -0.487 e. The molecule has 0 radical (unpaired) electrons. The van der Waals surface area contributed by atoms with E-state index in [0.717, 1.165) is 24.2 Å². The first-order valence-corrected chi connectivity index (χ1v) is 9.30. The quantitative estimate of drug-likeness (QED) is 0.910. The molecular formula is C19H24N4O3. The van der Waals surface area contributed by atoms with Crippen LogP contribution in [-0.2, 0) is 0 Å². The minimum atomic E-state index is 0.0202. The number of nitrogens with one attached hydrogen (secondary N) is 1. The van der Waals surface area contributed by atoms with Crippen molar-refractivity contribution in [3.63, 3.8) is 0 Å². The summed E-state index contributed by atoms with van der Waals surface area (Å²) in [6, 6.07) is 7.97. The topological polar surface area (TPSA) is 80.5 Å². The lowest BCUT2D eigenvalue weighted by Gasteiger charge is -2.40. The number of rotatable bonds is 4. The lowest BCUT2D eigenvalue weighted by Crippen LogP contribution is -2.60. The first-order valence-electron chi connectivity index (χ1n) is 9.30. The molecule has 1 aromatic heterocycles. The number of aryl methyl sites for hydroxylation is 1. The monoisotopic (exact) mass is 356 g/mol. The number of carbonyl (C=O) groups excluding carboxylic acids is 1. The fourth-order valence-corrected chi connectivity index (χ4v) is 3.50. The van der Waals surface area contributed by atoms with Crippen LogP contribution in [0.4, 0.5) is 4.79 Å². The maximum absolute atomic E-state index is 12.3. The molecule has 1 N–H and O–H groups in total. The maximum Gasteiger partial charge on any atom is 0.317 e. The molecule has 1 saturated carbocycles. The van der Waals surface area contributed by atoms with Gasteiger partial charge in [-0.15, -0.1) is 0 Å². The highest BCUT2D eigenvalue weighted by Crippen LogP contribution is 2.25. The van der Waals surface area contributed by atoms with Crippen molar-refractivity contribution in [2.24, 2.45) is 0 Å². The first-order chi connectivity index (χ1) is 12.7. The van der Waals surface area contributed by atoms with Crippen molar-refractivity contribution in [3.05, 3.63) is 30.1 Å². The molecule has 0 bridgehead atoms. The van der Waals surface area contributed by atoms with Gasteiger partial charge in [-0.25, -0.2) is 4.79 Å². The number of carbonyl (C=O) groups is 1. The third-order valence-electron chi connectivity index (χ3n) is 4.98. The zero-order chi connectivity index (χ0) is 17.9. The third kappa shape index (κ3) is 3.81. The van der Waals surface area contributed by atoms with E-state index in [0.29, 0.717) is 30.8 Å². The second-order valence-electron chi connectivity index (χ2n) is 7.10. The van der Waals surface area contributed by atoms with E-state index >= 15 is 0 Å². The number of urea groups is 1. The molecule has 2 aliphatic rings. The molecule has 2 aromatic rings. The van der Waals surface area contributed by atoms with Crippen LogP contribution in [0.25, 0.3) is 11.5 Å². The maximum atomic E-state index is 12.3. The smallest absolute Gasteiger partial charge is 0.317 e. The van der Waals surface area contributed by atoms with Crippen molar-refractivity contribution in [2.75, 3.05) is 13.1 Å². The second-order valence-corrected chi connectivity index (χ2v) is 7.10. The number of aromatic nitrogens is 2. The molecule has 1 aromatic carbocycles. The molecule has 1 aliphatic heterocycles. The van der Waals surface area contributed by atoms with Crippen LogP contribution >= 0.6 is 0 Å². The van der Waals surface area contributed by atoms with Crippen LogP contribution in [0.15, 0.2) is 28.8 Å². The number of likely N-dealkylation sites (tertiary alicyclic amines) is 1. The number of amides is 2. The van der Waals surface area contributed by atoms with Gasteiger partial charge in [-0.1, -0.05) is 30.5 Å². The van der Waals surface area contributed by atoms with E-state index in [-0.39, 0.29) is 12.1 Å². The molecule has 1 saturated heterocycles. The summed E-state index contributed by atoms with van der Waals surface area (Å²) in [5.41, 5.74) is 0.828. The standard InChI is InChI=1S/C19H24N4O3/c1-13-20-18(26-22-13)14-6-5-9-16(10-14)25-17-11-23(12-17)19(24)21-15-7-3-2-4-8-15/h5-6,9-10,15,17H,2-4,7-8,11-12H2,1H3,(H,21,24). The normalized spacial score (nSPS) is 18.4. The van der Waals surface area contributed by atoms with Crippen molar-refractivity contribution in [1.82, 2.24) is 20.4 Å². The van der Waals surface area contributed by atoms with Crippen molar-refractivity contribution < 1.29 is 14.1 Å². The van der Waals surface area contributed by atoms with Gasteiger partial charge in [-0.2, -0.15) is 4.98 Å². The van der Waals surface area contributed by atoms with Crippen LogP contribution in [0.3, 0.4) is 0 Å². The van der Waals surface area contributed by atoms with Crippen molar-refractivity contribution >= 4 is 6.03 Å². The molecule has 26 heavy (non-hydrogen) atoms. The van der Waals surface area contributed by atoms with Gasteiger partial charge >= 0.3 is 6.03 Å². The fourth-order valence-electron chi connectivity index (χ4n) is 3.50. The fraction of sp³-hybridized carbons (Fsp3) is 0.526. The Kier molecular flexibility index (Phi) is 4.77. The number of ether oxygens (including phenoxy) is 1. The SMILES string of the molecule is Cc1noc(-c2cccc(OC3CN(C(=O)NC4CCCCC4)C3)c2)n1. The predicted molar refractivity (Wildman–Crippen MR) is 95.9 cm³/mol. The molecule has 2 fully saturated rings. The molecule has 2 heterocycles. The van der Waals surface area contributed by atoms with E-state index in [1.165, 1.54) is 19.3 Å². The van der Waals surface area contributed by atoms with Crippen LogP contribution in [-0.4, -0.2) is 46.3 Å². The van der Waals surface area contributed by atoms with Crippen LogP contribution in [0, 0.1) is 6.92 Å². The van der Waals surface area contributed by atoms with Gasteiger partial charge in [0.15, 0.2) is 5.82 Å². The Morgan fingerprint density at radius 3 is 2.81 bits per heavy atom. The van der Waals surface area contributed by atoms with Gasteiger partial charge in [0, 0.05) is 11.6 Å². The molecule has 7 heteroatoms. The highest BCUT2D eigenvalue weighted by atomic mass is 16.5. The van der Waals surface area contributed by atoms with E-state index in [4.69, 9.17) is 9.26 Å². The van der Waals surface area contributed by atoms with E-state index < -0.39 is 0 Å². The van der Waals surface area contributed by atoms with Crippen LogP contribution in [0.1, 0.15) is 37.9 Å². The van der Waals surface area contributed by atoms with Gasteiger partial charge in [0.2, 0.25) is 0 Å². The van der Waals surface area contributed by atoms with Crippen LogP contribution in [0.5, 0.6) is 5.75 Å². The van der Waals surface area contributed by atoms with Gasteiger partial charge < -0.3 is 19.5 Å². The summed E-state index contributed by atoms with van der Waals surface area (Å²) in [7, 11) is 0. The Labute approximate surface area is 152 Å². The number of hydrogen-bond donors (Lipinski definition) is 1. The molecule has 138 valence electrons. The minimum absolute atomic E-state index is 0.0202. The Bertz CT molecular complexity index is 764. The van der Waals surface area contributed by atoms with E-state index in [1.54, 1.807) is 6.92 Å². The summed E-state index contributed by atoms with van der Waals surface area (Å²) in [6.07, 6.45) is 5.93. The molecule has 7 nitrogen and oxygen atoms in total. The third-order valence-corrected chi connectivity index (χ3v) is 4.98. The lowest BCUT2D eigenvalue weighted by molar-refractivity contribution is 0.0430. The first kappa shape index (κ1) is 16.9. The largest absolute Gasteiger partial charge is 0.487 e. The number of nitrogens with zero attached hydrogens (tertiary/aromatic N) is 3. The molecule has 0 atom stereocenters. The van der Waals surface area contributed by atoms with Gasteiger partial charge in [-0.05, 0) is 38.0 Å². The highest BCUT2D eigenvalue weighted by Gasteiger charge is 2.33. The summed E-state index contributed by atoms with van der Waals surface area (Å²) in [6.45, 7) is 3.01. The van der Waals surface area contributed by atoms with Crippen LogP contribution < -0.4 is 10.1 Å². The number of benzene rings is 1. The lowest BCUT2D eigenvalue weighted by atomic mass is 9.95. The Hall–Kier alpha value is -2.57. The van der Waals surface area contributed by atoms with Crippen molar-refractivity contribution in [1.29, 1.82) is 0 Å². The Morgan fingerprint density at radius 1 is 1.27 bits per heavy atom. The summed E-state index contributed by atoms with van der Waals surface area (Å²) in [5, 5.41) is 6.95. The van der Waals surface area contributed by atoms with Gasteiger partial charge in [0.1, 0.15) is 11.9 Å². The summed E-state index contributed by atoms with van der Waals surface area (Å²) >= 11 is 0. The van der Waals surface area contributed by atoms with Gasteiger partial charge in [0.05, 0.1) is 13.1 Å². The summed E-state index contributed by atoms with van der Waals surface area (Å²) < 4.78 is 11.2. The molecule has 1 aliphatic carbocycles. The average Bonchev–Trinajstić information content (AvgIpc) is 3.05. The van der Waals surface area contributed by atoms with E-state index in [9.17, 15) is 4.79 Å². The predicted octanol–water partition coefficient (Wildman–Crippen LogP) is 3.15. The van der Waals surface area contributed by atoms with Gasteiger partial charge in [0.25, 0.3) is 5.89 Å². The Balaban J connectivity index is 1.28. The zero-order valence-corrected chi connectivity index (χ0v) is 15.0. The van der Waals surface area contributed by atoms with Gasteiger partial charge in [-0.3, -0.25) is 0 Å². The van der Waals surface area contributed by atoms with E-state index in [1.807, 2.05) is 29.2 Å². The Morgan fingerprint density at radius 2 is 2.08 bits per heavy atom. The molecule has 0 spiro atoms. The average molecular weight is 356 g/mol. The van der Waals surface area contributed by atoms with E-state index in [2.05, 4.69) is 15.5 Å². The summed E-state index contributed by atoms with van der Waals surface area (Å²) in [5.74, 6) is 1.83. The molecular weight excluding hydrogens is 332 g/mol. The number of hydrogen-bond acceptors (Lipinski definition) is 5. The molecule has 4 rings (SSSR count). The van der Waals surface area contributed by atoms with Crippen molar-refractivity contribution in [3.8, 4) is 17.2 Å². The molecule has 2 amide bonds.